The van der Waals surface area contributed by atoms with Crippen LogP contribution in [0.4, 0.5) is 0 Å². The van der Waals surface area contributed by atoms with Crippen LogP contribution in [0.1, 0.15) is 40.9 Å². The molecule has 0 heterocycles. The second-order valence-corrected chi connectivity index (χ2v) is 8.35. The fraction of sp³-hybridized carbons (Fsp3) is 0.350. The average molecular weight is 391 g/mol. The zero-order valence-corrected chi connectivity index (χ0v) is 16.7. The third-order valence-electron chi connectivity index (χ3n) is 3.90. The maximum Gasteiger partial charge on any atom is 0.337 e. The largest absolute Gasteiger partial charge is 0.465 e. The Kier molecular flexibility index (Phi) is 7.53. The number of methoxy groups -OCH3 is 1. The van der Waals surface area contributed by atoms with E-state index in [2.05, 4.69) is 14.8 Å². The molecule has 0 saturated carbocycles. The van der Waals surface area contributed by atoms with Gasteiger partial charge >= 0.3 is 5.97 Å². The lowest BCUT2D eigenvalue weighted by molar-refractivity contribution is 0.0600. The highest BCUT2D eigenvalue weighted by Crippen LogP contribution is 2.13. The van der Waals surface area contributed by atoms with Gasteiger partial charge in [0.1, 0.15) is 0 Å². The topological polar surface area (TPSA) is 84.5 Å². The smallest absolute Gasteiger partial charge is 0.337 e. The fourth-order valence-electron chi connectivity index (χ4n) is 2.69. The molecule has 2 aromatic rings. The Morgan fingerprint density at radius 1 is 1.00 bits per heavy atom. The molecule has 0 saturated heterocycles. The maximum atomic E-state index is 12.2. The van der Waals surface area contributed by atoms with Crippen molar-refractivity contribution in [3.05, 3.63) is 70.8 Å². The maximum absolute atomic E-state index is 12.2. The summed E-state index contributed by atoms with van der Waals surface area (Å²) in [6.07, 6.45) is 0. The predicted molar refractivity (Wildman–Crippen MR) is 106 cm³/mol. The molecule has 0 atom stereocenters. The minimum atomic E-state index is -3.37. The summed E-state index contributed by atoms with van der Waals surface area (Å²) in [6, 6.07) is 14.5. The molecular weight excluding hydrogens is 364 g/mol. The number of carbonyl (C=O) groups is 1. The highest BCUT2D eigenvalue weighted by atomic mass is 32.2. The van der Waals surface area contributed by atoms with Crippen molar-refractivity contribution in [2.24, 2.45) is 0 Å². The number of carbonyl (C=O) groups excluding carboxylic acids is 1. The first-order valence-electron chi connectivity index (χ1n) is 8.75. The van der Waals surface area contributed by atoms with Gasteiger partial charge in [-0.2, -0.15) is 0 Å². The fourth-order valence-corrected chi connectivity index (χ4v) is 4.19. The number of nitrogens with one attached hydrogen (secondary N) is 2. The van der Waals surface area contributed by atoms with Crippen LogP contribution in [0.2, 0.25) is 0 Å². The molecule has 0 spiro atoms. The second kappa shape index (κ2) is 9.64. The van der Waals surface area contributed by atoms with E-state index in [4.69, 9.17) is 0 Å². The third kappa shape index (κ3) is 6.78. The van der Waals surface area contributed by atoms with Crippen molar-refractivity contribution < 1.29 is 17.9 Å². The molecule has 7 heteroatoms. The van der Waals surface area contributed by atoms with E-state index in [9.17, 15) is 13.2 Å². The van der Waals surface area contributed by atoms with Gasteiger partial charge in [0.15, 0.2) is 0 Å². The molecule has 2 rings (SSSR count). The molecule has 0 amide bonds. The lowest BCUT2D eigenvalue weighted by Gasteiger charge is -2.13. The highest BCUT2D eigenvalue weighted by molar-refractivity contribution is 7.88. The molecule has 6 nitrogen and oxygen atoms in total. The molecule has 0 radical (unpaired) electrons. The number of rotatable bonds is 9. The van der Waals surface area contributed by atoms with Crippen LogP contribution in [0.25, 0.3) is 0 Å². The SMILES string of the molecule is COC(=O)c1ccc(CNCc2ccccc2CS(=O)(=O)NC(C)C)cc1. The van der Waals surface area contributed by atoms with Crippen LogP contribution in [-0.4, -0.2) is 27.5 Å². The lowest BCUT2D eigenvalue weighted by Crippen LogP contribution is -2.31. The quantitative estimate of drug-likeness (QED) is 0.643. The van der Waals surface area contributed by atoms with Crippen LogP contribution in [0.5, 0.6) is 0 Å². The Bertz CT molecular complexity index is 862. The Morgan fingerprint density at radius 3 is 2.22 bits per heavy atom. The molecule has 0 aliphatic carbocycles. The number of benzene rings is 2. The summed E-state index contributed by atoms with van der Waals surface area (Å²) in [7, 11) is -2.02. The van der Waals surface area contributed by atoms with Gasteiger partial charge in [-0.1, -0.05) is 36.4 Å². The summed E-state index contributed by atoms with van der Waals surface area (Å²) < 4.78 is 31.7. The molecule has 0 aromatic heterocycles. The van der Waals surface area contributed by atoms with Crippen molar-refractivity contribution in [1.82, 2.24) is 10.0 Å². The van der Waals surface area contributed by atoms with Crippen LogP contribution < -0.4 is 10.0 Å². The number of hydrogen-bond acceptors (Lipinski definition) is 5. The Hall–Kier alpha value is -2.22. The van der Waals surface area contributed by atoms with Gasteiger partial charge in [-0.25, -0.2) is 17.9 Å². The van der Waals surface area contributed by atoms with Crippen molar-refractivity contribution >= 4 is 16.0 Å². The van der Waals surface area contributed by atoms with Crippen LogP contribution in [-0.2, 0) is 33.6 Å². The molecule has 2 aromatic carbocycles. The van der Waals surface area contributed by atoms with E-state index >= 15 is 0 Å². The van der Waals surface area contributed by atoms with Gasteiger partial charge in [0, 0.05) is 19.1 Å². The predicted octanol–water partition coefficient (Wildman–Crippen LogP) is 2.59. The Morgan fingerprint density at radius 2 is 1.63 bits per heavy atom. The first kappa shape index (κ1) is 21.1. The number of hydrogen-bond donors (Lipinski definition) is 2. The molecule has 2 N–H and O–H groups in total. The van der Waals surface area contributed by atoms with Gasteiger partial charge in [0.05, 0.1) is 18.4 Å². The van der Waals surface area contributed by atoms with E-state index < -0.39 is 10.0 Å². The number of ether oxygens (including phenoxy) is 1. The second-order valence-electron chi connectivity index (χ2n) is 6.59. The summed E-state index contributed by atoms with van der Waals surface area (Å²) in [6.45, 7) is 4.76. The average Bonchev–Trinajstić information content (AvgIpc) is 2.61. The minimum Gasteiger partial charge on any atom is -0.465 e. The summed E-state index contributed by atoms with van der Waals surface area (Å²) in [5, 5.41) is 3.32. The summed E-state index contributed by atoms with van der Waals surface area (Å²) in [5.41, 5.74) is 3.25. The summed E-state index contributed by atoms with van der Waals surface area (Å²) >= 11 is 0. The minimum absolute atomic E-state index is 0.0448. The zero-order chi connectivity index (χ0) is 19.9. The molecule has 0 fully saturated rings. The van der Waals surface area contributed by atoms with Crippen LogP contribution >= 0.6 is 0 Å². The lowest BCUT2D eigenvalue weighted by atomic mass is 10.1. The van der Waals surface area contributed by atoms with Crippen molar-refractivity contribution in [2.45, 2.75) is 38.7 Å². The van der Waals surface area contributed by atoms with E-state index in [0.717, 1.165) is 16.7 Å². The number of esters is 1. The van der Waals surface area contributed by atoms with Gasteiger partial charge in [0.25, 0.3) is 0 Å². The van der Waals surface area contributed by atoms with Crippen LogP contribution in [0.15, 0.2) is 48.5 Å². The molecule has 146 valence electrons. The molecule has 0 bridgehead atoms. The van der Waals surface area contributed by atoms with Gasteiger partial charge < -0.3 is 10.1 Å². The first-order valence-corrected chi connectivity index (χ1v) is 10.4. The molecule has 27 heavy (non-hydrogen) atoms. The van der Waals surface area contributed by atoms with Crippen molar-refractivity contribution in [1.29, 1.82) is 0 Å². The standard InChI is InChI=1S/C20H26N2O4S/c1-15(2)22-27(24,25)14-19-7-5-4-6-18(19)13-21-12-16-8-10-17(11-9-16)20(23)26-3/h4-11,15,21-22H,12-14H2,1-3H3. The van der Waals surface area contributed by atoms with Crippen LogP contribution in [0.3, 0.4) is 0 Å². The van der Waals surface area contributed by atoms with Gasteiger partial charge in [-0.3, -0.25) is 0 Å². The molecule has 0 unspecified atom stereocenters. The Labute approximate surface area is 161 Å². The zero-order valence-electron chi connectivity index (χ0n) is 15.9. The van der Waals surface area contributed by atoms with Gasteiger partial charge in [-0.05, 0) is 42.7 Å². The Balaban J connectivity index is 1.97. The van der Waals surface area contributed by atoms with Crippen molar-refractivity contribution in [2.75, 3.05) is 7.11 Å². The van der Waals surface area contributed by atoms with Crippen LogP contribution in [0, 0.1) is 0 Å². The first-order chi connectivity index (χ1) is 12.8. The van der Waals surface area contributed by atoms with Gasteiger partial charge in [0.2, 0.25) is 10.0 Å². The normalized spacial score (nSPS) is 11.6. The van der Waals surface area contributed by atoms with Gasteiger partial charge in [-0.15, -0.1) is 0 Å². The van der Waals surface area contributed by atoms with E-state index in [-0.39, 0.29) is 17.8 Å². The molecular formula is C20H26N2O4S. The van der Waals surface area contributed by atoms with E-state index in [1.165, 1.54) is 7.11 Å². The summed E-state index contributed by atoms with van der Waals surface area (Å²) in [5.74, 6) is -0.406. The van der Waals surface area contributed by atoms with Crippen molar-refractivity contribution in [3.8, 4) is 0 Å². The summed E-state index contributed by atoms with van der Waals surface area (Å²) in [4.78, 5) is 11.5. The van der Waals surface area contributed by atoms with Crippen molar-refractivity contribution in [3.63, 3.8) is 0 Å². The molecule has 0 aliphatic rings. The van der Waals surface area contributed by atoms with E-state index in [1.54, 1.807) is 26.0 Å². The molecule has 0 aliphatic heterocycles. The monoisotopic (exact) mass is 390 g/mol. The van der Waals surface area contributed by atoms with E-state index in [0.29, 0.717) is 18.7 Å². The number of sulfonamides is 1. The van der Waals surface area contributed by atoms with E-state index in [1.807, 2.05) is 36.4 Å². The third-order valence-corrected chi connectivity index (χ3v) is 5.42. The highest BCUT2D eigenvalue weighted by Gasteiger charge is 2.15.